The number of methoxy groups -OCH3 is 1. The van der Waals surface area contributed by atoms with Crippen molar-refractivity contribution in [2.75, 3.05) is 38.2 Å². The average Bonchev–Trinajstić information content (AvgIpc) is 2.70. The molecule has 0 atom stereocenters. The van der Waals surface area contributed by atoms with E-state index in [-0.39, 0.29) is 32.1 Å². The van der Waals surface area contributed by atoms with Crippen molar-refractivity contribution >= 4 is 55.1 Å². The molecule has 29 heavy (non-hydrogen) atoms. The van der Waals surface area contributed by atoms with E-state index in [2.05, 4.69) is 31.9 Å². The third-order valence-corrected chi connectivity index (χ3v) is 5.89. The molecule has 4 nitrogen and oxygen atoms in total. The maximum Gasteiger partial charge on any atom is 0.257 e. The molecular weight excluding hydrogens is 547 g/mol. The first kappa shape index (κ1) is 22.2. The number of amides is 1. The van der Waals surface area contributed by atoms with Crippen LogP contribution >= 0.6 is 43.5 Å². The number of hydrogen-bond acceptors (Lipinski definition) is 3. The quantitative estimate of drug-likeness (QED) is 0.287. The van der Waals surface area contributed by atoms with Crippen LogP contribution in [0.25, 0.3) is 0 Å². The zero-order chi connectivity index (χ0) is 21.5. The summed E-state index contributed by atoms with van der Waals surface area (Å²) >= 11 is 11.9. The van der Waals surface area contributed by atoms with Gasteiger partial charge < -0.3 is 14.5 Å². The molecule has 1 heterocycles. The maximum absolute atomic E-state index is 14.2. The van der Waals surface area contributed by atoms with Gasteiger partial charge in [0.2, 0.25) is 0 Å². The Morgan fingerprint density at radius 3 is 2.07 bits per heavy atom. The summed E-state index contributed by atoms with van der Waals surface area (Å²) in [6, 6.07) is 3.32. The van der Waals surface area contributed by atoms with Crippen molar-refractivity contribution in [3.63, 3.8) is 0 Å². The summed E-state index contributed by atoms with van der Waals surface area (Å²) in [7, 11) is 1.43. The van der Waals surface area contributed by atoms with Gasteiger partial charge in [0.1, 0.15) is 16.5 Å². The number of benzene rings is 2. The van der Waals surface area contributed by atoms with Crippen molar-refractivity contribution in [3.8, 4) is 5.75 Å². The monoisotopic (exact) mass is 558 g/mol. The van der Waals surface area contributed by atoms with Crippen LogP contribution in [0.4, 0.5) is 23.2 Å². The van der Waals surface area contributed by atoms with Crippen molar-refractivity contribution in [1.29, 1.82) is 0 Å². The summed E-state index contributed by atoms with van der Waals surface area (Å²) in [6.07, 6.45) is 0. The number of carbonyl (C=O) groups excluding carboxylic acids is 1. The van der Waals surface area contributed by atoms with E-state index < -0.39 is 34.0 Å². The van der Waals surface area contributed by atoms with Gasteiger partial charge in [-0.1, -0.05) is 27.5 Å². The predicted octanol–water partition coefficient (Wildman–Crippen LogP) is 5.39. The minimum absolute atomic E-state index is 0.0302. The van der Waals surface area contributed by atoms with Crippen LogP contribution in [-0.2, 0) is 0 Å². The molecule has 0 radical (unpaired) electrons. The summed E-state index contributed by atoms with van der Waals surface area (Å²) in [5.74, 6) is -6.43. The number of hydrogen-bond donors (Lipinski definition) is 0. The van der Waals surface area contributed by atoms with Crippen LogP contribution in [0, 0.1) is 23.3 Å². The first-order valence-corrected chi connectivity index (χ1v) is 10.2. The Bertz CT molecular complexity index is 956. The van der Waals surface area contributed by atoms with E-state index >= 15 is 0 Å². The molecule has 2 aromatic carbocycles. The minimum atomic E-state index is -1.65. The first-order chi connectivity index (χ1) is 13.7. The van der Waals surface area contributed by atoms with Gasteiger partial charge in [0.15, 0.2) is 23.3 Å². The molecule has 3 rings (SSSR count). The van der Waals surface area contributed by atoms with Crippen LogP contribution in [-0.4, -0.2) is 44.1 Å². The van der Waals surface area contributed by atoms with Crippen molar-refractivity contribution in [2.24, 2.45) is 0 Å². The number of halogens is 7. The Kier molecular flexibility index (Phi) is 6.64. The molecule has 1 amide bonds. The highest BCUT2D eigenvalue weighted by Crippen LogP contribution is 2.35. The molecule has 156 valence electrons. The fourth-order valence-electron chi connectivity index (χ4n) is 3.10. The average molecular weight is 561 g/mol. The highest BCUT2D eigenvalue weighted by molar-refractivity contribution is 9.11. The number of nitrogens with zero attached hydrogens (tertiary/aromatic N) is 2. The minimum Gasteiger partial charge on any atom is -0.495 e. The highest BCUT2D eigenvalue weighted by atomic mass is 79.9. The highest BCUT2D eigenvalue weighted by Gasteiger charge is 2.31. The third kappa shape index (κ3) is 4.06. The van der Waals surface area contributed by atoms with E-state index in [9.17, 15) is 22.4 Å². The summed E-state index contributed by atoms with van der Waals surface area (Å²) in [5, 5.41) is -1.23. The SMILES string of the molecule is COc1c(Br)cc(Br)cc1C(=O)N1CCN(c2c(F)c(F)c(Cl)c(F)c2F)CC1. The molecule has 0 aromatic heterocycles. The second kappa shape index (κ2) is 8.69. The number of anilines is 1. The second-order valence-corrected chi connectivity index (χ2v) is 8.31. The molecule has 11 heteroatoms. The zero-order valence-corrected chi connectivity index (χ0v) is 18.8. The Morgan fingerprint density at radius 2 is 1.55 bits per heavy atom. The molecule has 1 aliphatic heterocycles. The number of rotatable bonds is 3. The Hall–Kier alpha value is -1.52. The van der Waals surface area contributed by atoms with Gasteiger partial charge in [-0.25, -0.2) is 17.6 Å². The number of carbonyl (C=O) groups is 1. The lowest BCUT2D eigenvalue weighted by Crippen LogP contribution is -2.49. The summed E-state index contributed by atoms with van der Waals surface area (Å²) in [5.41, 5.74) is -0.539. The van der Waals surface area contributed by atoms with Gasteiger partial charge in [-0.05, 0) is 28.1 Å². The normalized spacial score (nSPS) is 14.3. The van der Waals surface area contributed by atoms with Crippen molar-refractivity contribution < 1.29 is 27.1 Å². The van der Waals surface area contributed by atoms with Crippen LogP contribution in [0.3, 0.4) is 0 Å². The fraction of sp³-hybridized carbons (Fsp3) is 0.278. The van der Waals surface area contributed by atoms with Gasteiger partial charge in [0.25, 0.3) is 5.91 Å². The molecule has 0 aliphatic carbocycles. The van der Waals surface area contributed by atoms with Crippen LogP contribution in [0.1, 0.15) is 10.4 Å². The van der Waals surface area contributed by atoms with Gasteiger partial charge in [0, 0.05) is 30.7 Å². The van der Waals surface area contributed by atoms with Gasteiger partial charge in [-0.15, -0.1) is 0 Å². The zero-order valence-electron chi connectivity index (χ0n) is 14.8. The lowest BCUT2D eigenvalue weighted by molar-refractivity contribution is 0.0742. The van der Waals surface area contributed by atoms with Gasteiger partial charge in [0.05, 0.1) is 17.1 Å². The predicted molar refractivity (Wildman–Crippen MR) is 108 cm³/mol. The molecule has 1 aliphatic rings. The van der Waals surface area contributed by atoms with E-state index in [4.69, 9.17) is 16.3 Å². The van der Waals surface area contributed by atoms with Gasteiger partial charge in [-0.2, -0.15) is 0 Å². The van der Waals surface area contributed by atoms with Crippen molar-refractivity contribution in [3.05, 3.63) is 54.9 Å². The molecular formula is C18H13Br2ClF4N2O2. The topological polar surface area (TPSA) is 32.8 Å². The summed E-state index contributed by atoms with van der Waals surface area (Å²) in [4.78, 5) is 15.5. The molecule has 0 saturated carbocycles. The van der Waals surface area contributed by atoms with Crippen LogP contribution in [0.2, 0.25) is 5.02 Å². The summed E-state index contributed by atoms with van der Waals surface area (Å²) in [6.45, 7) is 0.100. The number of piperazine rings is 1. The van der Waals surface area contributed by atoms with Crippen molar-refractivity contribution in [1.82, 2.24) is 4.90 Å². The third-order valence-electron chi connectivity index (χ3n) is 4.51. The van der Waals surface area contributed by atoms with E-state index in [0.29, 0.717) is 20.3 Å². The van der Waals surface area contributed by atoms with Crippen LogP contribution < -0.4 is 9.64 Å². The van der Waals surface area contributed by atoms with Crippen LogP contribution in [0.5, 0.6) is 5.75 Å². The maximum atomic E-state index is 14.2. The molecule has 1 saturated heterocycles. The second-order valence-electron chi connectivity index (χ2n) is 6.17. The van der Waals surface area contributed by atoms with E-state index in [1.807, 2.05) is 0 Å². The Balaban J connectivity index is 1.83. The lowest BCUT2D eigenvalue weighted by Gasteiger charge is -2.36. The van der Waals surface area contributed by atoms with E-state index in [1.54, 1.807) is 12.1 Å². The molecule has 0 bridgehead atoms. The van der Waals surface area contributed by atoms with Crippen LogP contribution in [0.15, 0.2) is 21.1 Å². The molecule has 0 N–H and O–H groups in total. The first-order valence-electron chi connectivity index (χ1n) is 8.26. The van der Waals surface area contributed by atoms with E-state index in [0.717, 1.165) is 4.90 Å². The molecule has 1 fully saturated rings. The Labute approximate surface area is 185 Å². The lowest BCUT2D eigenvalue weighted by atomic mass is 10.1. The van der Waals surface area contributed by atoms with Gasteiger partial charge >= 0.3 is 0 Å². The Morgan fingerprint density at radius 1 is 1.00 bits per heavy atom. The molecule has 0 spiro atoms. The van der Waals surface area contributed by atoms with Crippen molar-refractivity contribution in [2.45, 2.75) is 0 Å². The fourth-order valence-corrected chi connectivity index (χ4v) is 4.65. The smallest absolute Gasteiger partial charge is 0.257 e. The largest absolute Gasteiger partial charge is 0.495 e. The number of ether oxygens (including phenoxy) is 1. The van der Waals surface area contributed by atoms with E-state index in [1.165, 1.54) is 12.0 Å². The molecule has 2 aromatic rings. The summed E-state index contributed by atoms with van der Waals surface area (Å²) < 4.78 is 62.4. The molecule has 0 unspecified atom stereocenters. The van der Waals surface area contributed by atoms with Gasteiger partial charge in [-0.3, -0.25) is 4.79 Å². The standard InChI is InChI=1S/C18H13Br2ClF4N2O2/c1-29-17-9(6-8(19)7-10(17)20)18(28)27-4-2-26(3-5-27)16-14(24)12(22)11(21)13(23)15(16)25/h6-7H,2-5H2,1H3.